The van der Waals surface area contributed by atoms with E-state index in [9.17, 15) is 22.4 Å². The molecule has 1 atom stereocenters. The Morgan fingerprint density at radius 1 is 0.953 bits per heavy atom. The first-order valence-corrected chi connectivity index (χ1v) is 16.9. The van der Waals surface area contributed by atoms with Crippen LogP contribution in [0, 0.1) is 5.82 Å². The van der Waals surface area contributed by atoms with Crippen LogP contribution in [0.1, 0.15) is 49.7 Å². The number of hydrogen-bond acceptors (Lipinski definition) is 4. The summed E-state index contributed by atoms with van der Waals surface area (Å²) in [7, 11) is -3.82. The zero-order valence-corrected chi connectivity index (χ0v) is 26.3. The van der Waals surface area contributed by atoms with Gasteiger partial charge in [0.2, 0.25) is 21.8 Å². The average Bonchev–Trinajstić information content (AvgIpc) is 3.48. The Labute approximate surface area is 263 Å². The Balaban J connectivity index is 1.61. The van der Waals surface area contributed by atoms with Crippen LogP contribution in [0.15, 0.2) is 72.8 Å². The second kappa shape index (κ2) is 15.0. The molecule has 1 N–H and O–H groups in total. The second-order valence-electron chi connectivity index (χ2n) is 10.9. The summed E-state index contributed by atoms with van der Waals surface area (Å²) in [5.74, 6) is -1.25. The highest BCUT2D eigenvalue weighted by Crippen LogP contribution is 2.26. The second-order valence-corrected chi connectivity index (χ2v) is 13.6. The molecule has 0 spiro atoms. The molecule has 0 radical (unpaired) electrons. The van der Waals surface area contributed by atoms with Crippen molar-refractivity contribution in [2.75, 3.05) is 17.1 Å². The smallest absolute Gasteiger partial charge is 0.243 e. The molecule has 0 unspecified atom stereocenters. The first-order valence-electron chi connectivity index (χ1n) is 14.3. The molecule has 1 aliphatic rings. The number of benzene rings is 3. The lowest BCUT2D eigenvalue weighted by Gasteiger charge is -2.33. The molecule has 1 aliphatic carbocycles. The van der Waals surface area contributed by atoms with Gasteiger partial charge in [-0.15, -0.1) is 0 Å². The number of nitrogens with zero attached hydrogens (tertiary/aromatic N) is 2. The van der Waals surface area contributed by atoms with E-state index in [4.69, 9.17) is 23.2 Å². The summed E-state index contributed by atoms with van der Waals surface area (Å²) in [6.45, 7) is -0.0157. The van der Waals surface area contributed by atoms with Crippen molar-refractivity contribution >= 4 is 50.7 Å². The molecule has 1 fully saturated rings. The zero-order valence-electron chi connectivity index (χ0n) is 24.0. The van der Waals surface area contributed by atoms with E-state index in [1.54, 1.807) is 24.3 Å². The number of amides is 2. The van der Waals surface area contributed by atoms with Gasteiger partial charge in [0, 0.05) is 32.0 Å². The highest BCUT2D eigenvalue weighted by atomic mass is 35.5. The minimum Gasteiger partial charge on any atom is -0.352 e. The van der Waals surface area contributed by atoms with Gasteiger partial charge >= 0.3 is 0 Å². The van der Waals surface area contributed by atoms with E-state index >= 15 is 0 Å². The summed E-state index contributed by atoms with van der Waals surface area (Å²) in [4.78, 5) is 29.3. The van der Waals surface area contributed by atoms with Gasteiger partial charge in [0.05, 0.1) is 22.0 Å². The summed E-state index contributed by atoms with van der Waals surface area (Å²) in [6, 6.07) is 19.4. The number of sulfonamides is 1. The van der Waals surface area contributed by atoms with Crippen molar-refractivity contribution in [3.63, 3.8) is 0 Å². The molecule has 3 aromatic carbocycles. The largest absolute Gasteiger partial charge is 0.352 e. The summed E-state index contributed by atoms with van der Waals surface area (Å²) in [5.41, 5.74) is 1.51. The van der Waals surface area contributed by atoms with Gasteiger partial charge in [0.15, 0.2) is 0 Å². The lowest BCUT2D eigenvalue weighted by molar-refractivity contribution is -0.141. The Hall–Kier alpha value is -3.14. The molecule has 11 heteroatoms. The minimum atomic E-state index is -3.82. The summed E-state index contributed by atoms with van der Waals surface area (Å²) in [6.07, 6.45) is 5.20. The molecule has 2 amide bonds. The number of rotatable bonds is 13. The number of halogens is 3. The van der Waals surface area contributed by atoms with Crippen LogP contribution in [0.5, 0.6) is 0 Å². The van der Waals surface area contributed by atoms with Crippen LogP contribution < -0.4 is 9.62 Å². The normalized spacial score (nSPS) is 14.3. The van der Waals surface area contributed by atoms with E-state index in [-0.39, 0.29) is 55.9 Å². The van der Waals surface area contributed by atoms with Gasteiger partial charge in [0.1, 0.15) is 11.9 Å². The van der Waals surface area contributed by atoms with Crippen LogP contribution >= 0.6 is 23.2 Å². The van der Waals surface area contributed by atoms with E-state index in [1.807, 2.05) is 30.3 Å². The predicted octanol–water partition coefficient (Wildman–Crippen LogP) is 6.38. The molecule has 230 valence electrons. The molecular weight excluding hydrogens is 612 g/mol. The lowest BCUT2D eigenvalue weighted by atomic mass is 10.0. The Morgan fingerprint density at radius 3 is 2.28 bits per heavy atom. The highest BCUT2D eigenvalue weighted by molar-refractivity contribution is 7.92. The first kappa shape index (κ1) is 32.8. The maximum Gasteiger partial charge on any atom is 0.243 e. The minimum absolute atomic E-state index is 0.0526. The van der Waals surface area contributed by atoms with E-state index in [0.717, 1.165) is 41.8 Å². The number of hydrogen-bond donors (Lipinski definition) is 1. The molecule has 43 heavy (non-hydrogen) atoms. The van der Waals surface area contributed by atoms with Crippen LogP contribution in [0.2, 0.25) is 10.0 Å². The van der Waals surface area contributed by atoms with Crippen LogP contribution in [0.4, 0.5) is 10.1 Å². The Morgan fingerprint density at radius 2 is 1.63 bits per heavy atom. The van der Waals surface area contributed by atoms with Crippen LogP contribution in [-0.4, -0.2) is 50.0 Å². The average molecular weight is 649 g/mol. The summed E-state index contributed by atoms with van der Waals surface area (Å²) in [5, 5.41) is 3.85. The van der Waals surface area contributed by atoms with E-state index < -0.39 is 21.9 Å². The fourth-order valence-electron chi connectivity index (χ4n) is 5.39. The fraction of sp³-hybridized carbons (Fsp3) is 0.375. The predicted molar refractivity (Wildman–Crippen MR) is 169 cm³/mol. The van der Waals surface area contributed by atoms with Gasteiger partial charge in [-0.1, -0.05) is 84.6 Å². The first-order chi connectivity index (χ1) is 20.5. The standard InChI is InChI=1S/C32H36Cl2FN3O4S/c1-43(41,42)38(29-15-8-7-14-28(29)35)19-9-16-31(39)37(22-24-17-18-26(33)27(34)20-24)30(21-23-10-3-2-4-11-23)32(40)36-25-12-5-6-13-25/h2-4,7-8,10-11,14-15,17-18,20,25,30H,5-6,9,12-13,16,19,21-22H2,1H3,(H,36,40)/t30-/m0/s1. The lowest BCUT2D eigenvalue weighted by Crippen LogP contribution is -2.52. The molecule has 0 heterocycles. The van der Waals surface area contributed by atoms with E-state index in [0.29, 0.717) is 15.6 Å². The molecule has 0 aliphatic heterocycles. The van der Waals surface area contributed by atoms with Crippen LogP contribution in [0.25, 0.3) is 0 Å². The maximum atomic E-state index is 14.5. The van der Waals surface area contributed by atoms with Crippen molar-refractivity contribution in [1.82, 2.24) is 10.2 Å². The number of carbonyl (C=O) groups excluding carboxylic acids is 2. The number of nitrogens with one attached hydrogen (secondary N) is 1. The van der Waals surface area contributed by atoms with Gasteiger partial charge in [-0.2, -0.15) is 0 Å². The number of para-hydroxylation sites is 1. The van der Waals surface area contributed by atoms with Crippen molar-refractivity contribution in [2.24, 2.45) is 0 Å². The van der Waals surface area contributed by atoms with E-state index in [2.05, 4.69) is 5.32 Å². The third-order valence-corrected chi connectivity index (χ3v) is 9.50. The van der Waals surface area contributed by atoms with Gasteiger partial charge < -0.3 is 10.2 Å². The quantitative estimate of drug-likeness (QED) is 0.233. The summed E-state index contributed by atoms with van der Waals surface area (Å²) >= 11 is 12.4. The number of anilines is 1. The van der Waals surface area contributed by atoms with Crippen molar-refractivity contribution in [3.05, 3.63) is 99.8 Å². The SMILES string of the molecule is CS(=O)(=O)N(CCCC(=O)N(Cc1ccc(Cl)c(Cl)c1)[C@@H](Cc1ccccc1)C(=O)NC1CCCC1)c1ccccc1F. The Kier molecular flexibility index (Phi) is 11.5. The van der Waals surface area contributed by atoms with Crippen molar-refractivity contribution in [3.8, 4) is 0 Å². The molecular formula is C32H36Cl2FN3O4S. The topological polar surface area (TPSA) is 86.8 Å². The summed E-state index contributed by atoms with van der Waals surface area (Å²) < 4.78 is 40.6. The van der Waals surface area contributed by atoms with E-state index in [1.165, 1.54) is 23.1 Å². The third kappa shape index (κ3) is 9.17. The Bertz CT molecular complexity index is 1520. The fourth-order valence-corrected chi connectivity index (χ4v) is 6.68. The van der Waals surface area contributed by atoms with Crippen molar-refractivity contribution < 1.29 is 22.4 Å². The zero-order chi connectivity index (χ0) is 31.0. The van der Waals surface area contributed by atoms with Crippen LogP contribution in [-0.2, 0) is 32.6 Å². The molecule has 0 aromatic heterocycles. The van der Waals surface area contributed by atoms with Gasteiger partial charge in [-0.25, -0.2) is 12.8 Å². The molecule has 0 saturated heterocycles. The number of carbonyl (C=O) groups is 2. The van der Waals surface area contributed by atoms with Crippen molar-refractivity contribution in [2.45, 2.75) is 63.6 Å². The molecule has 4 rings (SSSR count). The third-order valence-electron chi connectivity index (χ3n) is 7.58. The monoisotopic (exact) mass is 647 g/mol. The molecule has 7 nitrogen and oxygen atoms in total. The van der Waals surface area contributed by atoms with Gasteiger partial charge in [-0.05, 0) is 54.7 Å². The van der Waals surface area contributed by atoms with Crippen LogP contribution in [0.3, 0.4) is 0 Å². The molecule has 0 bridgehead atoms. The maximum absolute atomic E-state index is 14.5. The molecule has 1 saturated carbocycles. The highest BCUT2D eigenvalue weighted by Gasteiger charge is 2.32. The van der Waals surface area contributed by atoms with Crippen molar-refractivity contribution in [1.29, 1.82) is 0 Å². The van der Waals surface area contributed by atoms with Gasteiger partial charge in [-0.3, -0.25) is 13.9 Å². The molecule has 3 aromatic rings. The van der Waals surface area contributed by atoms with Gasteiger partial charge in [0.25, 0.3) is 0 Å².